The van der Waals surface area contributed by atoms with E-state index < -0.39 is 24.2 Å². The van der Waals surface area contributed by atoms with Crippen molar-refractivity contribution in [3.05, 3.63) is 11.8 Å². The second-order valence-corrected chi connectivity index (χ2v) is 8.57. The second kappa shape index (κ2) is 11.4. The first-order valence-electron chi connectivity index (χ1n) is 10.5. The third-order valence-corrected chi connectivity index (χ3v) is 5.99. The monoisotopic (exact) mass is 442 g/mol. The fourth-order valence-electron chi connectivity index (χ4n) is 3.40. The Bertz CT molecular complexity index is 753. The van der Waals surface area contributed by atoms with E-state index in [9.17, 15) is 9.59 Å². The molecule has 4 N–H and O–H groups in total. The summed E-state index contributed by atoms with van der Waals surface area (Å²) >= 11 is 1.13. The molecule has 0 spiro atoms. The number of likely N-dealkylation sites (N-methyl/N-ethyl adjacent to an activating group) is 1. The van der Waals surface area contributed by atoms with Crippen LogP contribution in [-0.2, 0) is 14.3 Å². The molecule has 168 valence electrons. The Kier molecular flexibility index (Phi) is 9.19. The van der Waals surface area contributed by atoms with Gasteiger partial charge in [-0.3, -0.25) is 9.28 Å². The Morgan fingerprint density at radius 1 is 1.33 bits per heavy atom. The highest BCUT2D eigenvalue weighted by atomic mass is 32.1. The molecule has 9 nitrogen and oxygen atoms in total. The van der Waals surface area contributed by atoms with Crippen LogP contribution in [0.5, 0.6) is 5.88 Å². The van der Waals surface area contributed by atoms with Gasteiger partial charge in [-0.15, -0.1) is 4.37 Å². The van der Waals surface area contributed by atoms with Gasteiger partial charge in [-0.1, -0.05) is 32.3 Å². The van der Waals surface area contributed by atoms with Crippen LogP contribution >= 0.6 is 11.7 Å². The molecule has 0 saturated carbocycles. The van der Waals surface area contributed by atoms with E-state index in [1.165, 1.54) is 12.8 Å². The molecule has 0 saturated heterocycles. The SMILES string of the molecule is CCCCCCOc1nsnc1C1=CCC[N+](C)(C(C)OC(=O)[C@@H]([NH3+])CC(=O)O)C1. The number of carbonyl (C=O) groups excluding carboxylic acids is 1. The van der Waals surface area contributed by atoms with Crippen LogP contribution in [0, 0.1) is 0 Å². The molecule has 0 amide bonds. The quantitative estimate of drug-likeness (QED) is 0.287. The van der Waals surface area contributed by atoms with Gasteiger partial charge in [0.05, 0.1) is 31.9 Å². The third kappa shape index (κ3) is 6.75. The standard InChI is InChI=1S/C20H32N4O5S/c1-4-5-6-7-11-28-19-18(22-30-23-19)15-9-8-10-24(3,13-15)14(2)29-20(27)16(21)12-17(25)26/h9,14,16H,4-8,10-13,21H2,1-3H3/p+2/t14?,16-,24?/m0/s1. The minimum Gasteiger partial charge on any atom is -0.481 e. The molecule has 2 heterocycles. The Hall–Kier alpha value is -2.04. The highest BCUT2D eigenvalue weighted by Crippen LogP contribution is 2.31. The van der Waals surface area contributed by atoms with E-state index in [0.717, 1.165) is 48.8 Å². The van der Waals surface area contributed by atoms with Crippen LogP contribution in [0.3, 0.4) is 0 Å². The Morgan fingerprint density at radius 2 is 2.10 bits per heavy atom. The molecule has 0 radical (unpaired) electrons. The number of aromatic nitrogens is 2. The number of quaternary nitrogens is 2. The molecule has 2 unspecified atom stereocenters. The molecule has 2 rings (SSSR count). The summed E-state index contributed by atoms with van der Waals surface area (Å²) in [6, 6.07) is -0.924. The smallest absolute Gasteiger partial charge is 0.369 e. The number of ether oxygens (including phenoxy) is 2. The van der Waals surface area contributed by atoms with Crippen LogP contribution in [-0.4, -0.2) is 69.3 Å². The minimum atomic E-state index is -1.07. The summed E-state index contributed by atoms with van der Waals surface area (Å²) in [5, 5.41) is 8.85. The molecule has 30 heavy (non-hydrogen) atoms. The average molecular weight is 443 g/mol. The molecule has 0 fully saturated rings. The first kappa shape index (κ1) is 24.2. The Balaban J connectivity index is 1.99. The molecule has 10 heteroatoms. The molecule has 0 aromatic carbocycles. The summed E-state index contributed by atoms with van der Waals surface area (Å²) < 4.78 is 20.7. The number of nitrogens with zero attached hydrogens (tertiary/aromatic N) is 3. The Labute approximate surface area is 181 Å². The summed E-state index contributed by atoms with van der Waals surface area (Å²) in [5.74, 6) is -1.09. The van der Waals surface area contributed by atoms with Crippen LogP contribution in [0.2, 0.25) is 0 Å². The number of aliphatic carboxylic acids is 1. The summed E-state index contributed by atoms with van der Waals surface area (Å²) in [6.45, 7) is 6.05. The van der Waals surface area contributed by atoms with Gasteiger partial charge in [-0.2, -0.15) is 4.37 Å². The number of unbranched alkanes of at least 4 members (excludes halogenated alkanes) is 3. The van der Waals surface area contributed by atoms with Gasteiger partial charge >= 0.3 is 11.9 Å². The van der Waals surface area contributed by atoms with Gasteiger partial charge in [0.25, 0.3) is 5.88 Å². The average Bonchev–Trinajstić information content (AvgIpc) is 3.16. The summed E-state index contributed by atoms with van der Waals surface area (Å²) in [4.78, 5) is 23.0. The lowest BCUT2D eigenvalue weighted by Gasteiger charge is -2.41. The number of carboxylic acids is 1. The van der Waals surface area contributed by atoms with Crippen molar-refractivity contribution in [1.82, 2.24) is 8.75 Å². The summed E-state index contributed by atoms with van der Waals surface area (Å²) in [6.07, 6.45) is 6.68. The van der Waals surface area contributed by atoms with E-state index in [1.807, 2.05) is 14.0 Å². The zero-order valence-electron chi connectivity index (χ0n) is 18.1. The largest absolute Gasteiger partial charge is 0.481 e. The van der Waals surface area contributed by atoms with Crippen LogP contribution < -0.4 is 10.5 Å². The maximum Gasteiger partial charge on any atom is 0.369 e. The minimum absolute atomic E-state index is 0.343. The van der Waals surface area contributed by atoms with Crippen LogP contribution in [0.1, 0.15) is 58.1 Å². The van der Waals surface area contributed by atoms with Gasteiger partial charge in [0, 0.05) is 18.9 Å². The predicted octanol–water partition coefficient (Wildman–Crippen LogP) is 1.71. The lowest BCUT2D eigenvalue weighted by atomic mass is 10.0. The number of hydrogen-bond acceptors (Lipinski definition) is 7. The van der Waals surface area contributed by atoms with Crippen molar-refractivity contribution in [1.29, 1.82) is 0 Å². The first-order valence-corrected chi connectivity index (χ1v) is 11.2. The lowest BCUT2D eigenvalue weighted by Crippen LogP contribution is -2.67. The molecule has 3 atom stereocenters. The van der Waals surface area contributed by atoms with E-state index in [-0.39, 0.29) is 6.42 Å². The van der Waals surface area contributed by atoms with Crippen molar-refractivity contribution >= 4 is 29.2 Å². The number of rotatable bonds is 12. The highest BCUT2D eigenvalue weighted by molar-refractivity contribution is 6.99. The molecule has 1 aromatic heterocycles. The number of carbonyl (C=O) groups is 2. The molecule has 1 aliphatic heterocycles. The highest BCUT2D eigenvalue weighted by Gasteiger charge is 2.38. The maximum absolute atomic E-state index is 12.2. The van der Waals surface area contributed by atoms with Crippen LogP contribution in [0.25, 0.3) is 5.57 Å². The second-order valence-electron chi connectivity index (χ2n) is 8.04. The van der Waals surface area contributed by atoms with Crippen LogP contribution in [0.4, 0.5) is 0 Å². The molecular weight excluding hydrogens is 408 g/mol. The number of hydrogen-bond donors (Lipinski definition) is 2. The molecular formula is C20H34N4O5S+2. The third-order valence-electron chi connectivity index (χ3n) is 5.48. The van der Waals surface area contributed by atoms with Crippen molar-refractivity contribution in [3.8, 4) is 5.88 Å². The summed E-state index contributed by atoms with van der Waals surface area (Å²) in [7, 11) is 2.02. The van der Waals surface area contributed by atoms with E-state index in [0.29, 0.717) is 23.5 Å². The molecule has 0 bridgehead atoms. The normalized spacial score (nSPS) is 20.9. The maximum atomic E-state index is 12.2. The van der Waals surface area contributed by atoms with E-state index >= 15 is 0 Å². The fourth-order valence-corrected chi connectivity index (χ4v) is 3.93. The predicted molar refractivity (Wildman–Crippen MR) is 113 cm³/mol. The van der Waals surface area contributed by atoms with Crippen LogP contribution in [0.15, 0.2) is 6.08 Å². The van der Waals surface area contributed by atoms with Crippen molar-refractivity contribution < 1.29 is 34.4 Å². The van der Waals surface area contributed by atoms with Crippen molar-refractivity contribution in [2.45, 2.75) is 64.6 Å². The molecule has 1 aromatic rings. The number of esters is 1. The fraction of sp³-hybridized carbons (Fsp3) is 0.700. The molecule has 0 aliphatic carbocycles. The van der Waals surface area contributed by atoms with E-state index in [2.05, 4.69) is 27.5 Å². The lowest BCUT2D eigenvalue weighted by molar-refractivity contribution is -0.944. The van der Waals surface area contributed by atoms with Crippen molar-refractivity contribution in [2.75, 3.05) is 26.7 Å². The zero-order valence-corrected chi connectivity index (χ0v) is 18.9. The molecule has 1 aliphatic rings. The topological polar surface area (TPSA) is 126 Å². The van der Waals surface area contributed by atoms with E-state index in [4.69, 9.17) is 14.6 Å². The van der Waals surface area contributed by atoms with Gasteiger partial charge in [-0.25, -0.2) is 4.79 Å². The number of carboxylic acid groups (broad SMARTS) is 1. The van der Waals surface area contributed by atoms with Gasteiger partial charge < -0.3 is 20.3 Å². The van der Waals surface area contributed by atoms with Gasteiger partial charge in [0.1, 0.15) is 18.7 Å². The van der Waals surface area contributed by atoms with Gasteiger partial charge in [0.15, 0.2) is 6.04 Å². The van der Waals surface area contributed by atoms with E-state index in [1.54, 1.807) is 0 Å². The summed E-state index contributed by atoms with van der Waals surface area (Å²) in [5.41, 5.74) is 5.40. The zero-order chi connectivity index (χ0) is 22.1. The Morgan fingerprint density at radius 3 is 2.80 bits per heavy atom. The van der Waals surface area contributed by atoms with Gasteiger partial charge in [-0.05, 0) is 6.42 Å². The van der Waals surface area contributed by atoms with Crippen molar-refractivity contribution in [2.24, 2.45) is 0 Å². The van der Waals surface area contributed by atoms with Crippen molar-refractivity contribution in [3.63, 3.8) is 0 Å². The van der Waals surface area contributed by atoms with Gasteiger partial charge in [0.2, 0.25) is 6.23 Å². The first-order chi connectivity index (χ1) is 14.3.